The zero-order valence-electron chi connectivity index (χ0n) is 12.2. The van der Waals surface area contributed by atoms with E-state index in [0.29, 0.717) is 12.6 Å². The Kier molecular flexibility index (Phi) is 4.36. The topological polar surface area (TPSA) is 43.4 Å². The third-order valence-electron chi connectivity index (χ3n) is 3.56. The first-order chi connectivity index (χ1) is 10.3. The predicted molar refractivity (Wildman–Crippen MR) is 81.4 cm³/mol. The fraction of sp³-hybridized carbons (Fsp3) is 0.353. The van der Waals surface area contributed by atoms with Gasteiger partial charge in [0.2, 0.25) is 0 Å². The summed E-state index contributed by atoms with van der Waals surface area (Å²) in [6, 6.07) is 10.6. The maximum absolute atomic E-state index is 5.92. The Labute approximate surface area is 125 Å². The van der Waals surface area contributed by atoms with E-state index < -0.39 is 0 Å². The highest BCUT2D eigenvalue weighted by molar-refractivity contribution is 5.32. The molecular formula is C17H20N2O2. The van der Waals surface area contributed by atoms with E-state index >= 15 is 0 Å². The second-order valence-electron chi connectivity index (χ2n) is 5.28. The molecule has 0 saturated heterocycles. The first-order valence-electron chi connectivity index (χ1n) is 7.27. The lowest BCUT2D eigenvalue weighted by Crippen LogP contribution is -2.16. The van der Waals surface area contributed by atoms with Crippen molar-refractivity contribution in [3.63, 3.8) is 0 Å². The van der Waals surface area contributed by atoms with Gasteiger partial charge in [-0.2, -0.15) is 0 Å². The van der Waals surface area contributed by atoms with E-state index in [-0.39, 0.29) is 0 Å². The molecule has 0 amide bonds. The molecule has 3 rings (SSSR count). The molecule has 2 aromatic rings. The summed E-state index contributed by atoms with van der Waals surface area (Å²) >= 11 is 0. The van der Waals surface area contributed by atoms with Crippen LogP contribution in [0.25, 0.3) is 0 Å². The van der Waals surface area contributed by atoms with Crippen LogP contribution in [-0.4, -0.2) is 18.1 Å². The molecule has 1 N–H and O–H groups in total. The van der Waals surface area contributed by atoms with Gasteiger partial charge in [0.1, 0.15) is 18.1 Å². The number of hydrogen-bond donors (Lipinski definition) is 1. The molecule has 1 aromatic carbocycles. The van der Waals surface area contributed by atoms with E-state index in [4.69, 9.17) is 9.47 Å². The van der Waals surface area contributed by atoms with Gasteiger partial charge >= 0.3 is 0 Å². The molecule has 1 aliphatic carbocycles. The summed E-state index contributed by atoms with van der Waals surface area (Å²) in [5.41, 5.74) is 2.24. The van der Waals surface area contributed by atoms with Crippen molar-refractivity contribution in [3.8, 4) is 11.5 Å². The Balaban J connectivity index is 1.63. The zero-order valence-corrected chi connectivity index (χ0v) is 12.2. The predicted octanol–water partition coefficient (Wildman–Crippen LogP) is 2.92. The van der Waals surface area contributed by atoms with E-state index in [0.717, 1.165) is 29.2 Å². The van der Waals surface area contributed by atoms with Crippen molar-refractivity contribution in [2.75, 3.05) is 7.11 Å². The molecule has 1 saturated carbocycles. The van der Waals surface area contributed by atoms with Crippen LogP contribution in [0.2, 0.25) is 0 Å². The molecule has 0 bridgehead atoms. The summed E-state index contributed by atoms with van der Waals surface area (Å²) in [7, 11) is 1.67. The highest BCUT2D eigenvalue weighted by atomic mass is 16.5. The minimum atomic E-state index is 0.513. The van der Waals surface area contributed by atoms with Crippen molar-refractivity contribution in [1.82, 2.24) is 10.3 Å². The molecule has 0 atom stereocenters. The van der Waals surface area contributed by atoms with Crippen LogP contribution in [0, 0.1) is 0 Å². The van der Waals surface area contributed by atoms with Crippen molar-refractivity contribution in [1.29, 1.82) is 0 Å². The number of nitrogens with zero attached hydrogens (tertiary/aromatic N) is 1. The third kappa shape index (κ3) is 3.95. The molecule has 1 fully saturated rings. The largest absolute Gasteiger partial charge is 0.497 e. The van der Waals surface area contributed by atoms with E-state index in [1.807, 2.05) is 36.5 Å². The van der Waals surface area contributed by atoms with Gasteiger partial charge in [-0.15, -0.1) is 0 Å². The van der Waals surface area contributed by atoms with Gasteiger partial charge in [-0.3, -0.25) is 4.98 Å². The van der Waals surface area contributed by atoms with Crippen LogP contribution in [-0.2, 0) is 13.2 Å². The first-order valence-corrected chi connectivity index (χ1v) is 7.27. The Morgan fingerprint density at radius 2 is 2.19 bits per heavy atom. The second-order valence-corrected chi connectivity index (χ2v) is 5.28. The lowest BCUT2D eigenvalue weighted by molar-refractivity contribution is 0.300. The van der Waals surface area contributed by atoms with E-state index in [2.05, 4.69) is 10.3 Å². The summed E-state index contributed by atoms with van der Waals surface area (Å²) in [5, 5.41) is 3.50. The molecule has 1 heterocycles. The summed E-state index contributed by atoms with van der Waals surface area (Å²) < 4.78 is 11.1. The number of nitrogens with one attached hydrogen (secondary N) is 1. The fourth-order valence-corrected chi connectivity index (χ4v) is 2.15. The monoisotopic (exact) mass is 284 g/mol. The molecule has 1 aromatic heterocycles. The van der Waals surface area contributed by atoms with Gasteiger partial charge < -0.3 is 14.8 Å². The van der Waals surface area contributed by atoms with Gasteiger partial charge in [0.05, 0.1) is 13.3 Å². The van der Waals surface area contributed by atoms with Gasteiger partial charge in [0, 0.05) is 24.3 Å². The summed E-state index contributed by atoms with van der Waals surface area (Å²) in [4.78, 5) is 4.16. The third-order valence-corrected chi connectivity index (χ3v) is 3.56. The normalized spacial score (nSPS) is 14.0. The number of aromatic nitrogens is 1. The van der Waals surface area contributed by atoms with E-state index in [1.165, 1.54) is 12.8 Å². The van der Waals surface area contributed by atoms with Crippen molar-refractivity contribution >= 4 is 0 Å². The highest BCUT2D eigenvalue weighted by Crippen LogP contribution is 2.23. The number of benzene rings is 1. The zero-order chi connectivity index (χ0) is 14.5. The van der Waals surface area contributed by atoms with Crippen LogP contribution in [0.4, 0.5) is 0 Å². The highest BCUT2D eigenvalue weighted by Gasteiger charge is 2.20. The first kappa shape index (κ1) is 13.9. The second kappa shape index (κ2) is 6.59. The molecule has 0 unspecified atom stereocenters. The number of ether oxygens (including phenoxy) is 2. The van der Waals surface area contributed by atoms with E-state index in [1.54, 1.807) is 13.3 Å². The Morgan fingerprint density at radius 1 is 1.29 bits per heavy atom. The maximum atomic E-state index is 5.92. The summed E-state index contributed by atoms with van der Waals surface area (Å²) in [6.07, 6.45) is 6.16. The Morgan fingerprint density at radius 3 is 3.00 bits per heavy atom. The van der Waals surface area contributed by atoms with Gasteiger partial charge in [0.25, 0.3) is 0 Å². The van der Waals surface area contributed by atoms with Crippen molar-refractivity contribution < 1.29 is 9.47 Å². The van der Waals surface area contributed by atoms with Crippen LogP contribution in [0.3, 0.4) is 0 Å². The van der Waals surface area contributed by atoms with Gasteiger partial charge in [-0.1, -0.05) is 12.1 Å². The van der Waals surface area contributed by atoms with Crippen LogP contribution in [0.15, 0.2) is 42.7 Å². The molecular weight excluding hydrogens is 264 g/mol. The van der Waals surface area contributed by atoms with Crippen LogP contribution in [0.1, 0.15) is 24.0 Å². The molecule has 1 aliphatic rings. The van der Waals surface area contributed by atoms with Crippen molar-refractivity contribution in [3.05, 3.63) is 53.9 Å². The molecule has 4 heteroatoms. The standard InChI is InChI=1S/C17H20N2O2/c1-20-16-4-2-3-13(9-16)12-21-17-11-18-8-7-14(17)10-19-15-5-6-15/h2-4,7-9,11,15,19H,5-6,10,12H2,1H3. The number of hydrogen-bond acceptors (Lipinski definition) is 4. The van der Waals surface area contributed by atoms with Crippen molar-refractivity contribution in [2.45, 2.75) is 32.0 Å². The minimum Gasteiger partial charge on any atom is -0.497 e. The molecule has 0 radical (unpaired) electrons. The van der Waals surface area contributed by atoms with Crippen molar-refractivity contribution in [2.24, 2.45) is 0 Å². The molecule has 0 spiro atoms. The lowest BCUT2D eigenvalue weighted by Gasteiger charge is -2.12. The molecule has 110 valence electrons. The van der Waals surface area contributed by atoms with Gasteiger partial charge in [-0.25, -0.2) is 0 Å². The van der Waals surface area contributed by atoms with Crippen LogP contribution in [0.5, 0.6) is 11.5 Å². The molecule has 4 nitrogen and oxygen atoms in total. The number of rotatable bonds is 7. The average molecular weight is 284 g/mol. The van der Waals surface area contributed by atoms with Crippen LogP contribution >= 0.6 is 0 Å². The number of pyridine rings is 1. The smallest absolute Gasteiger partial charge is 0.142 e. The quantitative estimate of drug-likeness (QED) is 0.849. The fourth-order valence-electron chi connectivity index (χ4n) is 2.15. The average Bonchev–Trinajstić information content (AvgIpc) is 3.36. The SMILES string of the molecule is COc1cccc(COc2cnccc2CNC2CC2)c1. The molecule has 21 heavy (non-hydrogen) atoms. The Hall–Kier alpha value is -2.07. The molecule has 0 aliphatic heterocycles. The van der Waals surface area contributed by atoms with E-state index in [9.17, 15) is 0 Å². The lowest BCUT2D eigenvalue weighted by atomic mass is 10.2. The van der Waals surface area contributed by atoms with Gasteiger partial charge in [-0.05, 0) is 36.6 Å². The van der Waals surface area contributed by atoms with Crippen LogP contribution < -0.4 is 14.8 Å². The Bertz CT molecular complexity index is 597. The summed E-state index contributed by atoms with van der Waals surface area (Å²) in [6.45, 7) is 1.35. The minimum absolute atomic E-state index is 0.513. The number of methoxy groups -OCH3 is 1. The maximum Gasteiger partial charge on any atom is 0.142 e. The van der Waals surface area contributed by atoms with Gasteiger partial charge in [0.15, 0.2) is 0 Å². The summed E-state index contributed by atoms with van der Waals surface area (Å²) in [5.74, 6) is 1.69.